The van der Waals surface area contributed by atoms with Gasteiger partial charge in [-0.05, 0) is 0 Å². The van der Waals surface area contributed by atoms with Gasteiger partial charge in [-0.1, -0.05) is 0 Å². The minimum Gasteiger partial charge on any atom is -0.394 e. The van der Waals surface area contributed by atoms with E-state index in [1.165, 1.54) is 7.11 Å². The van der Waals surface area contributed by atoms with Crippen molar-refractivity contribution < 1.29 is 24.8 Å². The Morgan fingerprint density at radius 2 is 2.00 bits per heavy atom. The number of ether oxygens (including phenoxy) is 2. The van der Waals surface area contributed by atoms with E-state index in [1.807, 2.05) is 0 Å². The van der Waals surface area contributed by atoms with Gasteiger partial charge in [-0.2, -0.15) is 0 Å². The fourth-order valence-electron chi connectivity index (χ4n) is 1.06. The normalized spacial score (nSPS) is 44.7. The monoisotopic (exact) mass is 164 g/mol. The van der Waals surface area contributed by atoms with Crippen LogP contribution in [0.3, 0.4) is 0 Å². The molecule has 0 aliphatic carbocycles. The van der Waals surface area contributed by atoms with Crippen LogP contribution in [0.5, 0.6) is 0 Å². The van der Waals surface area contributed by atoms with Crippen molar-refractivity contribution in [2.45, 2.75) is 24.6 Å². The van der Waals surface area contributed by atoms with Crippen LogP contribution in [0.4, 0.5) is 0 Å². The fraction of sp³-hybridized carbons (Fsp3) is 1.00. The van der Waals surface area contributed by atoms with Gasteiger partial charge in [-0.3, -0.25) is 0 Å². The van der Waals surface area contributed by atoms with Crippen LogP contribution in [0, 0.1) is 0 Å². The second kappa shape index (κ2) is 3.46. The molecular weight excluding hydrogens is 152 g/mol. The van der Waals surface area contributed by atoms with Crippen molar-refractivity contribution in [1.82, 2.24) is 0 Å². The van der Waals surface area contributed by atoms with Crippen LogP contribution in [0.2, 0.25) is 0 Å². The van der Waals surface area contributed by atoms with Gasteiger partial charge in [-0.25, -0.2) is 0 Å². The molecule has 0 aromatic carbocycles. The highest BCUT2D eigenvalue weighted by molar-refractivity contribution is 4.85. The molecule has 0 saturated carbocycles. The maximum Gasteiger partial charge on any atom is 0.186 e. The van der Waals surface area contributed by atoms with Gasteiger partial charge in [0, 0.05) is 7.11 Å². The van der Waals surface area contributed by atoms with Crippen LogP contribution in [-0.4, -0.2) is 53.6 Å². The third-order valence-electron chi connectivity index (χ3n) is 1.73. The summed E-state index contributed by atoms with van der Waals surface area (Å²) in [5.41, 5.74) is 0. The van der Waals surface area contributed by atoms with Gasteiger partial charge < -0.3 is 24.8 Å². The lowest BCUT2D eigenvalue weighted by Gasteiger charge is -2.11. The molecule has 0 aromatic heterocycles. The van der Waals surface area contributed by atoms with Gasteiger partial charge in [0.25, 0.3) is 0 Å². The van der Waals surface area contributed by atoms with Gasteiger partial charge in [0.05, 0.1) is 6.61 Å². The Morgan fingerprint density at radius 1 is 1.36 bits per heavy atom. The molecule has 1 aliphatic rings. The molecular formula is C6H12O5. The van der Waals surface area contributed by atoms with Crippen molar-refractivity contribution in [3.63, 3.8) is 0 Å². The molecule has 0 radical (unpaired) electrons. The zero-order chi connectivity index (χ0) is 8.43. The van der Waals surface area contributed by atoms with Gasteiger partial charge in [0.15, 0.2) is 6.29 Å². The van der Waals surface area contributed by atoms with E-state index in [0.717, 1.165) is 0 Å². The van der Waals surface area contributed by atoms with E-state index in [9.17, 15) is 0 Å². The van der Waals surface area contributed by atoms with Crippen LogP contribution < -0.4 is 0 Å². The first-order valence-corrected chi connectivity index (χ1v) is 3.36. The Kier molecular flexibility index (Phi) is 2.80. The second-order valence-corrected chi connectivity index (χ2v) is 2.44. The second-order valence-electron chi connectivity index (χ2n) is 2.44. The van der Waals surface area contributed by atoms with Crippen molar-refractivity contribution in [1.29, 1.82) is 0 Å². The summed E-state index contributed by atoms with van der Waals surface area (Å²) in [6.07, 6.45) is -3.71. The molecule has 1 rings (SSSR count). The molecule has 0 aromatic rings. The summed E-state index contributed by atoms with van der Waals surface area (Å²) in [7, 11) is 1.36. The predicted molar refractivity (Wildman–Crippen MR) is 34.8 cm³/mol. The maximum atomic E-state index is 9.15. The van der Waals surface area contributed by atoms with Crippen LogP contribution in [0.25, 0.3) is 0 Å². The van der Waals surface area contributed by atoms with E-state index >= 15 is 0 Å². The van der Waals surface area contributed by atoms with E-state index < -0.39 is 24.6 Å². The predicted octanol–water partition coefficient (Wildman–Crippen LogP) is -1.93. The van der Waals surface area contributed by atoms with Crippen LogP contribution in [-0.2, 0) is 9.47 Å². The minimum absolute atomic E-state index is 0.321. The lowest BCUT2D eigenvalue weighted by atomic mass is 10.1. The highest BCUT2D eigenvalue weighted by atomic mass is 16.7. The Bertz CT molecular complexity index is 110. The molecule has 1 aliphatic heterocycles. The zero-order valence-electron chi connectivity index (χ0n) is 6.17. The largest absolute Gasteiger partial charge is 0.394 e. The van der Waals surface area contributed by atoms with E-state index in [1.54, 1.807) is 0 Å². The number of aliphatic hydroxyl groups excluding tert-OH is 3. The summed E-state index contributed by atoms with van der Waals surface area (Å²) >= 11 is 0. The smallest absolute Gasteiger partial charge is 0.186 e. The van der Waals surface area contributed by atoms with Gasteiger partial charge >= 0.3 is 0 Å². The highest BCUT2D eigenvalue weighted by Gasteiger charge is 2.42. The Balaban J connectivity index is 2.53. The first-order chi connectivity index (χ1) is 5.20. The van der Waals surface area contributed by atoms with E-state index in [0.29, 0.717) is 0 Å². The Labute approximate surface area is 64.2 Å². The molecule has 1 unspecified atom stereocenters. The molecule has 0 spiro atoms. The first kappa shape index (κ1) is 8.89. The van der Waals surface area contributed by atoms with E-state index in [2.05, 4.69) is 4.74 Å². The molecule has 5 heteroatoms. The lowest BCUT2D eigenvalue weighted by molar-refractivity contribution is -0.153. The zero-order valence-corrected chi connectivity index (χ0v) is 6.17. The van der Waals surface area contributed by atoms with Gasteiger partial charge in [0.2, 0.25) is 0 Å². The van der Waals surface area contributed by atoms with E-state index in [-0.39, 0.29) is 6.61 Å². The molecule has 4 atom stereocenters. The maximum absolute atomic E-state index is 9.15. The number of methoxy groups -OCH3 is 1. The minimum atomic E-state index is -1.07. The molecule has 0 amide bonds. The van der Waals surface area contributed by atoms with Crippen LogP contribution >= 0.6 is 0 Å². The quantitative estimate of drug-likeness (QED) is 0.443. The summed E-state index contributed by atoms with van der Waals surface area (Å²) in [6, 6.07) is 0. The third kappa shape index (κ3) is 1.52. The average Bonchev–Trinajstić information content (AvgIpc) is 2.30. The van der Waals surface area contributed by atoms with Crippen molar-refractivity contribution in [2.75, 3.05) is 13.7 Å². The molecule has 66 valence electrons. The SMILES string of the molecule is CO[C@@H]1O[C@H](CO)[C@H](O)C1O. The molecule has 1 heterocycles. The molecule has 1 fully saturated rings. The Hall–Kier alpha value is -0.200. The average molecular weight is 164 g/mol. The van der Waals surface area contributed by atoms with Crippen molar-refractivity contribution in [3.05, 3.63) is 0 Å². The number of hydrogen-bond acceptors (Lipinski definition) is 5. The summed E-state index contributed by atoms with van der Waals surface area (Å²) < 4.78 is 9.59. The summed E-state index contributed by atoms with van der Waals surface area (Å²) in [5.74, 6) is 0. The fourth-order valence-corrected chi connectivity index (χ4v) is 1.06. The molecule has 11 heavy (non-hydrogen) atoms. The highest BCUT2D eigenvalue weighted by Crippen LogP contribution is 2.20. The van der Waals surface area contributed by atoms with Gasteiger partial charge in [0.1, 0.15) is 18.3 Å². The standard InChI is InChI=1S/C6H12O5/c1-10-6-5(9)4(8)3(2-7)11-6/h3-9H,2H2,1H3/t3-,4+,5?,6-/m1/s1. The summed E-state index contributed by atoms with van der Waals surface area (Å²) in [6.45, 7) is -0.321. The topological polar surface area (TPSA) is 79.2 Å². The van der Waals surface area contributed by atoms with Crippen molar-refractivity contribution in [3.8, 4) is 0 Å². The van der Waals surface area contributed by atoms with Crippen molar-refractivity contribution in [2.24, 2.45) is 0 Å². The first-order valence-electron chi connectivity index (χ1n) is 3.36. The summed E-state index contributed by atoms with van der Waals surface area (Å²) in [4.78, 5) is 0. The van der Waals surface area contributed by atoms with E-state index in [4.69, 9.17) is 20.1 Å². The summed E-state index contributed by atoms with van der Waals surface area (Å²) in [5, 5.41) is 26.9. The van der Waals surface area contributed by atoms with Crippen molar-refractivity contribution >= 4 is 0 Å². The lowest BCUT2D eigenvalue weighted by Crippen LogP contribution is -2.34. The third-order valence-corrected chi connectivity index (χ3v) is 1.73. The number of hydrogen-bond donors (Lipinski definition) is 3. The Morgan fingerprint density at radius 3 is 2.27 bits per heavy atom. The number of aliphatic hydroxyl groups is 3. The molecule has 0 bridgehead atoms. The van der Waals surface area contributed by atoms with Crippen LogP contribution in [0.1, 0.15) is 0 Å². The van der Waals surface area contributed by atoms with Gasteiger partial charge in [-0.15, -0.1) is 0 Å². The molecule has 3 N–H and O–H groups in total. The molecule has 1 saturated heterocycles. The van der Waals surface area contributed by atoms with Crippen LogP contribution in [0.15, 0.2) is 0 Å². The number of rotatable bonds is 2. The molecule has 5 nitrogen and oxygen atoms in total.